The highest BCUT2D eigenvalue weighted by Gasteiger charge is 2.42. The van der Waals surface area contributed by atoms with Gasteiger partial charge in [-0.2, -0.15) is 0 Å². The lowest BCUT2D eigenvalue weighted by molar-refractivity contribution is 0.215. The van der Waals surface area contributed by atoms with E-state index in [0.717, 1.165) is 33.4 Å². The van der Waals surface area contributed by atoms with Crippen LogP contribution in [0.2, 0.25) is 0 Å². The number of rotatable bonds is 8. The van der Waals surface area contributed by atoms with Crippen molar-refractivity contribution in [2.24, 2.45) is 0 Å². The summed E-state index contributed by atoms with van der Waals surface area (Å²) >= 11 is 0. The van der Waals surface area contributed by atoms with Crippen molar-refractivity contribution in [2.45, 2.75) is 32.9 Å². The van der Waals surface area contributed by atoms with Crippen LogP contribution in [0.5, 0.6) is 0 Å². The minimum atomic E-state index is -3.38. The van der Waals surface area contributed by atoms with Crippen molar-refractivity contribution in [3.63, 3.8) is 0 Å². The molecule has 0 saturated carbocycles. The normalized spacial score (nSPS) is 16.9. The maximum Gasteiger partial charge on any atom is 0.338 e. The lowest BCUT2D eigenvalue weighted by Gasteiger charge is -2.35. The van der Waals surface area contributed by atoms with E-state index in [2.05, 4.69) is 79.7 Å². The van der Waals surface area contributed by atoms with Crippen LogP contribution in [0.3, 0.4) is 0 Å². The third-order valence-corrected chi connectivity index (χ3v) is 8.66. The average Bonchev–Trinajstić information content (AvgIpc) is 2.85. The van der Waals surface area contributed by atoms with E-state index in [1.165, 1.54) is 5.57 Å². The fourth-order valence-corrected chi connectivity index (χ4v) is 6.85. The smallest absolute Gasteiger partial charge is 0.308 e. The molecule has 0 heterocycles. The zero-order valence-electron chi connectivity index (χ0n) is 19.5. The van der Waals surface area contributed by atoms with Gasteiger partial charge in [-0.1, -0.05) is 91.0 Å². The molecule has 4 rings (SSSR count). The highest BCUT2D eigenvalue weighted by Crippen LogP contribution is 2.62. The summed E-state index contributed by atoms with van der Waals surface area (Å²) in [6.45, 7) is 6.52. The Morgan fingerprint density at radius 2 is 1.12 bits per heavy atom. The van der Waals surface area contributed by atoms with E-state index in [9.17, 15) is 4.57 Å². The van der Waals surface area contributed by atoms with Crippen molar-refractivity contribution in [1.82, 2.24) is 0 Å². The molecule has 3 aromatic rings. The van der Waals surface area contributed by atoms with E-state index in [1.54, 1.807) is 0 Å². The molecular weight excluding hydrogens is 427 g/mol. The Morgan fingerprint density at radius 1 is 0.697 bits per heavy atom. The van der Waals surface area contributed by atoms with Gasteiger partial charge in [-0.25, -0.2) is 0 Å². The van der Waals surface area contributed by atoms with Gasteiger partial charge in [-0.3, -0.25) is 4.57 Å². The molecule has 0 amide bonds. The van der Waals surface area contributed by atoms with E-state index >= 15 is 0 Å². The molecule has 170 valence electrons. The Balaban J connectivity index is 2.04. The molecule has 0 spiro atoms. The zero-order valence-corrected chi connectivity index (χ0v) is 20.4. The second-order valence-corrected chi connectivity index (χ2v) is 10.3. The number of hydrogen-bond acceptors (Lipinski definition) is 3. The largest absolute Gasteiger partial charge is 0.338 e. The predicted molar refractivity (Wildman–Crippen MR) is 138 cm³/mol. The zero-order chi connectivity index (χ0) is 23.3. The quantitative estimate of drug-likeness (QED) is 0.320. The van der Waals surface area contributed by atoms with Crippen molar-refractivity contribution >= 4 is 24.3 Å². The second-order valence-electron chi connectivity index (χ2n) is 8.10. The van der Waals surface area contributed by atoms with Crippen molar-refractivity contribution in [3.8, 4) is 0 Å². The lowest BCUT2D eigenvalue weighted by atomic mass is 9.77. The molecule has 1 unspecified atom stereocenters. The van der Waals surface area contributed by atoms with Gasteiger partial charge in [0, 0.05) is 0 Å². The maximum absolute atomic E-state index is 14.1. The first-order chi connectivity index (χ1) is 16.1. The molecule has 0 aliphatic heterocycles. The molecule has 1 aliphatic rings. The lowest BCUT2D eigenvalue weighted by Crippen LogP contribution is -2.21. The monoisotopic (exact) mass is 458 g/mol. The van der Waals surface area contributed by atoms with Crippen molar-refractivity contribution in [1.29, 1.82) is 0 Å². The van der Waals surface area contributed by atoms with Crippen molar-refractivity contribution in [3.05, 3.63) is 113 Å². The van der Waals surface area contributed by atoms with Gasteiger partial charge in [0.05, 0.1) is 18.9 Å². The molecule has 1 aliphatic carbocycles. The SMILES string of the molecule is CCOP(=O)(OCC)C1CC(c2ccccc2)=C(c2ccccc2)C(c2ccccc2)=C1C. The van der Waals surface area contributed by atoms with Gasteiger partial charge in [-0.05, 0) is 66.2 Å². The van der Waals surface area contributed by atoms with Crippen LogP contribution in [0.15, 0.2) is 96.6 Å². The van der Waals surface area contributed by atoms with Gasteiger partial charge in [0.1, 0.15) is 0 Å². The van der Waals surface area contributed by atoms with Crippen LogP contribution in [0, 0.1) is 0 Å². The van der Waals surface area contributed by atoms with Gasteiger partial charge >= 0.3 is 7.60 Å². The van der Waals surface area contributed by atoms with E-state index in [-0.39, 0.29) is 5.66 Å². The Labute approximate surface area is 197 Å². The van der Waals surface area contributed by atoms with Gasteiger partial charge in [0.15, 0.2) is 0 Å². The molecule has 0 N–H and O–H groups in total. The molecule has 1 atom stereocenters. The van der Waals surface area contributed by atoms with Crippen LogP contribution in [-0.2, 0) is 13.6 Å². The summed E-state index contributed by atoms with van der Waals surface area (Å²) in [6, 6.07) is 31.2. The summed E-state index contributed by atoms with van der Waals surface area (Å²) in [5.74, 6) is 0. The fourth-order valence-electron chi connectivity index (χ4n) is 4.69. The van der Waals surface area contributed by atoms with Crippen LogP contribution < -0.4 is 0 Å². The summed E-state index contributed by atoms with van der Waals surface area (Å²) in [6.07, 6.45) is 0.591. The third-order valence-electron chi connectivity index (χ3n) is 6.09. The number of allylic oxidation sites excluding steroid dienone is 4. The molecule has 0 fully saturated rings. The molecule has 0 saturated heterocycles. The Bertz CT molecular complexity index is 1170. The maximum atomic E-state index is 14.1. The fraction of sp³-hybridized carbons (Fsp3) is 0.241. The molecule has 4 heteroatoms. The van der Waals surface area contributed by atoms with Gasteiger partial charge in [0.25, 0.3) is 0 Å². The number of benzene rings is 3. The summed E-state index contributed by atoms with van der Waals surface area (Å²) in [4.78, 5) is 0. The second kappa shape index (κ2) is 10.5. The molecule has 33 heavy (non-hydrogen) atoms. The summed E-state index contributed by atoms with van der Waals surface area (Å²) < 4.78 is 25.8. The Morgan fingerprint density at radius 3 is 1.58 bits per heavy atom. The van der Waals surface area contributed by atoms with E-state index < -0.39 is 7.60 Å². The highest BCUT2D eigenvalue weighted by molar-refractivity contribution is 7.55. The Hall–Kier alpha value is -2.71. The van der Waals surface area contributed by atoms with E-state index in [1.807, 2.05) is 32.0 Å². The van der Waals surface area contributed by atoms with Crippen molar-refractivity contribution in [2.75, 3.05) is 13.2 Å². The summed E-state index contributed by atoms with van der Waals surface area (Å²) in [7, 11) is -3.38. The standard InChI is InChI=1S/C29H31O3P/c1-4-31-33(30,32-5-2)27-21-26(23-15-9-6-10-16-23)29(25-19-13-8-14-20-25)28(22(27)3)24-17-11-7-12-18-24/h6-20,27H,4-5,21H2,1-3H3. The first-order valence-corrected chi connectivity index (χ1v) is 13.2. The molecule has 0 radical (unpaired) electrons. The van der Waals surface area contributed by atoms with Gasteiger partial charge in [-0.15, -0.1) is 0 Å². The minimum Gasteiger partial charge on any atom is -0.308 e. The van der Waals surface area contributed by atoms with E-state index in [0.29, 0.717) is 19.6 Å². The topological polar surface area (TPSA) is 35.5 Å². The first-order valence-electron chi connectivity index (χ1n) is 11.6. The molecule has 0 bridgehead atoms. The van der Waals surface area contributed by atoms with Gasteiger partial charge < -0.3 is 9.05 Å². The highest BCUT2D eigenvalue weighted by atomic mass is 31.2. The minimum absolute atomic E-state index is 0.345. The third kappa shape index (κ3) is 4.82. The van der Waals surface area contributed by atoms with E-state index in [4.69, 9.17) is 9.05 Å². The van der Waals surface area contributed by atoms with Crippen LogP contribution in [0.25, 0.3) is 16.7 Å². The molecule has 0 aromatic heterocycles. The van der Waals surface area contributed by atoms with Gasteiger partial charge in [0.2, 0.25) is 0 Å². The summed E-state index contributed by atoms with van der Waals surface area (Å²) in [5.41, 5.74) is 7.53. The predicted octanol–water partition coefficient (Wildman–Crippen LogP) is 8.11. The van der Waals surface area contributed by atoms with Crippen LogP contribution in [0.1, 0.15) is 43.9 Å². The molecule has 3 aromatic carbocycles. The first kappa shape index (κ1) is 23.4. The number of hydrogen-bond donors (Lipinski definition) is 0. The molecular formula is C29H31O3P. The van der Waals surface area contributed by atoms with Crippen LogP contribution in [0.4, 0.5) is 0 Å². The Kier molecular flexibility index (Phi) is 7.45. The van der Waals surface area contributed by atoms with Crippen molar-refractivity contribution < 1.29 is 13.6 Å². The van der Waals surface area contributed by atoms with Crippen LogP contribution in [-0.4, -0.2) is 18.9 Å². The average molecular weight is 459 g/mol. The van der Waals surface area contributed by atoms with Crippen LogP contribution >= 0.6 is 7.60 Å². The molecule has 3 nitrogen and oxygen atoms in total. The summed E-state index contributed by atoms with van der Waals surface area (Å²) in [5, 5.41) is 0.